The van der Waals surface area contributed by atoms with Crippen molar-refractivity contribution < 1.29 is 4.79 Å². The maximum absolute atomic E-state index is 11.7. The Morgan fingerprint density at radius 1 is 1.38 bits per heavy atom. The zero-order valence-electron chi connectivity index (χ0n) is 9.11. The molecule has 1 aromatic carbocycles. The van der Waals surface area contributed by atoms with Gasteiger partial charge in [0.05, 0.1) is 0 Å². The molecule has 0 fully saturated rings. The van der Waals surface area contributed by atoms with Gasteiger partial charge in [0.25, 0.3) is 5.91 Å². The summed E-state index contributed by atoms with van der Waals surface area (Å²) in [6.45, 7) is 3.96. The Bertz CT molecular complexity index is 505. The van der Waals surface area contributed by atoms with Crippen LogP contribution in [0.5, 0.6) is 0 Å². The zero-order chi connectivity index (χ0) is 11.5. The van der Waals surface area contributed by atoms with Gasteiger partial charge in [0.15, 0.2) is 0 Å². The van der Waals surface area contributed by atoms with Crippen molar-refractivity contribution in [2.75, 3.05) is 5.32 Å². The number of nitrogens with one attached hydrogen (secondary N) is 2. The lowest BCUT2D eigenvalue weighted by Gasteiger charge is -2.08. The van der Waals surface area contributed by atoms with Crippen molar-refractivity contribution in [2.45, 2.75) is 13.8 Å². The lowest BCUT2D eigenvalue weighted by atomic mass is 10.1. The number of anilines is 1. The molecule has 2 rings (SSSR count). The van der Waals surface area contributed by atoms with Crippen LogP contribution in [-0.4, -0.2) is 21.1 Å². The van der Waals surface area contributed by atoms with E-state index in [1.54, 1.807) is 0 Å². The monoisotopic (exact) mass is 216 g/mol. The Balaban J connectivity index is 2.22. The maximum atomic E-state index is 11.7. The number of benzene rings is 1. The fourth-order valence-corrected chi connectivity index (χ4v) is 1.38. The lowest BCUT2D eigenvalue weighted by Crippen LogP contribution is -2.14. The Morgan fingerprint density at radius 3 is 2.88 bits per heavy atom. The summed E-state index contributed by atoms with van der Waals surface area (Å²) in [5, 5.41) is 8.93. The third-order valence-corrected chi connectivity index (χ3v) is 2.48. The van der Waals surface area contributed by atoms with Crippen LogP contribution in [0.1, 0.15) is 21.7 Å². The summed E-state index contributed by atoms with van der Waals surface area (Å²) in [5.41, 5.74) is 2.98. The number of nitrogens with zero attached hydrogens (tertiary/aromatic N) is 2. The van der Waals surface area contributed by atoms with Crippen LogP contribution in [0.4, 0.5) is 5.69 Å². The minimum Gasteiger partial charge on any atom is -0.319 e. The smallest absolute Gasteiger partial charge is 0.292 e. The Labute approximate surface area is 92.9 Å². The van der Waals surface area contributed by atoms with Crippen molar-refractivity contribution in [3.05, 3.63) is 41.5 Å². The van der Waals surface area contributed by atoms with Gasteiger partial charge in [-0.15, -0.1) is 0 Å². The summed E-state index contributed by atoms with van der Waals surface area (Å²) in [5.74, 6) is -0.0768. The van der Waals surface area contributed by atoms with Crippen LogP contribution in [0.3, 0.4) is 0 Å². The fourth-order valence-electron chi connectivity index (χ4n) is 1.38. The van der Waals surface area contributed by atoms with E-state index in [2.05, 4.69) is 20.5 Å². The molecule has 0 unspecified atom stereocenters. The van der Waals surface area contributed by atoms with Gasteiger partial charge >= 0.3 is 0 Å². The number of rotatable bonds is 2. The molecule has 1 aromatic heterocycles. The summed E-state index contributed by atoms with van der Waals surface area (Å²) in [4.78, 5) is 15.5. The Hall–Kier alpha value is -2.17. The second kappa shape index (κ2) is 4.14. The SMILES string of the molecule is Cc1cccc(NC(=O)c2ncn[nH]2)c1C. The van der Waals surface area contributed by atoms with Gasteiger partial charge in [0, 0.05) is 5.69 Å². The molecule has 0 bridgehead atoms. The topological polar surface area (TPSA) is 70.7 Å². The molecule has 0 radical (unpaired) electrons. The Morgan fingerprint density at radius 2 is 2.19 bits per heavy atom. The first-order chi connectivity index (χ1) is 7.68. The van der Waals surface area contributed by atoms with E-state index < -0.39 is 0 Å². The van der Waals surface area contributed by atoms with Gasteiger partial charge < -0.3 is 5.32 Å². The highest BCUT2D eigenvalue weighted by Crippen LogP contribution is 2.18. The minimum absolute atomic E-state index is 0.209. The van der Waals surface area contributed by atoms with Crippen LogP contribution in [0.2, 0.25) is 0 Å². The predicted octanol–water partition coefficient (Wildman–Crippen LogP) is 1.67. The van der Waals surface area contributed by atoms with Gasteiger partial charge in [-0.2, -0.15) is 5.10 Å². The van der Waals surface area contributed by atoms with Gasteiger partial charge in [-0.05, 0) is 31.0 Å². The van der Waals surface area contributed by atoms with Gasteiger partial charge in [0.1, 0.15) is 6.33 Å². The summed E-state index contributed by atoms with van der Waals surface area (Å²) in [6.07, 6.45) is 1.30. The molecule has 0 saturated carbocycles. The molecule has 16 heavy (non-hydrogen) atoms. The second-order valence-electron chi connectivity index (χ2n) is 3.54. The molecular weight excluding hydrogens is 204 g/mol. The summed E-state index contributed by atoms with van der Waals surface area (Å²) >= 11 is 0. The lowest BCUT2D eigenvalue weighted by molar-refractivity contribution is 0.101. The van der Waals surface area contributed by atoms with E-state index in [0.717, 1.165) is 16.8 Å². The molecule has 2 aromatic rings. The van der Waals surface area contributed by atoms with Crippen molar-refractivity contribution in [1.29, 1.82) is 0 Å². The average molecular weight is 216 g/mol. The molecule has 5 nitrogen and oxygen atoms in total. The van der Waals surface area contributed by atoms with E-state index in [0.29, 0.717) is 0 Å². The fraction of sp³-hybridized carbons (Fsp3) is 0.182. The standard InChI is InChI=1S/C11H12N4O/c1-7-4-3-5-9(8(7)2)14-11(16)10-12-6-13-15-10/h3-6H,1-2H3,(H,14,16)(H,12,13,15). The maximum Gasteiger partial charge on any atom is 0.292 e. The third kappa shape index (κ3) is 1.93. The molecule has 0 aliphatic heterocycles. The van der Waals surface area contributed by atoms with Crippen LogP contribution in [0.25, 0.3) is 0 Å². The van der Waals surface area contributed by atoms with Crippen molar-refractivity contribution in [3.63, 3.8) is 0 Å². The normalized spacial score (nSPS) is 10.1. The van der Waals surface area contributed by atoms with E-state index in [4.69, 9.17) is 0 Å². The van der Waals surface area contributed by atoms with Gasteiger partial charge in [-0.1, -0.05) is 12.1 Å². The molecule has 0 atom stereocenters. The van der Waals surface area contributed by atoms with Gasteiger partial charge in [-0.25, -0.2) is 4.98 Å². The van der Waals surface area contributed by atoms with Crippen molar-refractivity contribution >= 4 is 11.6 Å². The first-order valence-corrected chi connectivity index (χ1v) is 4.91. The molecule has 2 N–H and O–H groups in total. The van der Waals surface area contributed by atoms with E-state index in [-0.39, 0.29) is 11.7 Å². The average Bonchev–Trinajstić information content (AvgIpc) is 2.78. The van der Waals surface area contributed by atoms with Crippen LogP contribution in [0.15, 0.2) is 24.5 Å². The number of amides is 1. The Kier molecular flexibility index (Phi) is 2.68. The molecule has 0 saturated heterocycles. The van der Waals surface area contributed by atoms with E-state index >= 15 is 0 Å². The highest BCUT2D eigenvalue weighted by Gasteiger charge is 2.10. The van der Waals surface area contributed by atoms with Crippen molar-refractivity contribution in [2.24, 2.45) is 0 Å². The number of aromatic nitrogens is 3. The summed E-state index contributed by atoms with van der Waals surface area (Å²) in [6, 6.07) is 5.76. The van der Waals surface area contributed by atoms with Crippen LogP contribution in [0, 0.1) is 13.8 Å². The first kappa shape index (κ1) is 10.4. The summed E-state index contributed by atoms with van der Waals surface area (Å²) in [7, 11) is 0. The zero-order valence-corrected chi connectivity index (χ0v) is 9.11. The number of carbonyl (C=O) groups excluding carboxylic acids is 1. The molecule has 82 valence electrons. The van der Waals surface area contributed by atoms with Gasteiger partial charge in [-0.3, -0.25) is 9.89 Å². The van der Waals surface area contributed by atoms with E-state index in [9.17, 15) is 4.79 Å². The van der Waals surface area contributed by atoms with Crippen LogP contribution in [-0.2, 0) is 0 Å². The number of aryl methyl sites for hydroxylation is 1. The van der Waals surface area contributed by atoms with E-state index in [1.807, 2.05) is 32.0 Å². The highest BCUT2D eigenvalue weighted by atomic mass is 16.2. The first-order valence-electron chi connectivity index (χ1n) is 4.91. The minimum atomic E-state index is -0.286. The van der Waals surface area contributed by atoms with Crippen LogP contribution < -0.4 is 5.32 Å². The predicted molar refractivity (Wildman–Crippen MR) is 60.3 cm³/mol. The number of hydrogen-bond acceptors (Lipinski definition) is 3. The van der Waals surface area contributed by atoms with Crippen molar-refractivity contribution in [1.82, 2.24) is 15.2 Å². The quantitative estimate of drug-likeness (QED) is 0.802. The number of aromatic amines is 1. The second-order valence-corrected chi connectivity index (χ2v) is 3.54. The van der Waals surface area contributed by atoms with Crippen molar-refractivity contribution in [3.8, 4) is 0 Å². The molecule has 1 heterocycles. The number of carbonyl (C=O) groups is 1. The molecule has 5 heteroatoms. The van der Waals surface area contributed by atoms with Crippen LogP contribution >= 0.6 is 0 Å². The molecule has 0 aliphatic carbocycles. The molecule has 0 spiro atoms. The number of H-pyrrole nitrogens is 1. The summed E-state index contributed by atoms with van der Waals surface area (Å²) < 4.78 is 0. The molecule has 1 amide bonds. The van der Waals surface area contributed by atoms with E-state index in [1.165, 1.54) is 6.33 Å². The highest BCUT2D eigenvalue weighted by molar-refractivity contribution is 6.01. The third-order valence-electron chi connectivity index (χ3n) is 2.48. The number of hydrogen-bond donors (Lipinski definition) is 2. The molecule has 0 aliphatic rings. The molecular formula is C11H12N4O. The largest absolute Gasteiger partial charge is 0.319 e. The van der Waals surface area contributed by atoms with Gasteiger partial charge in [0.2, 0.25) is 5.82 Å².